The van der Waals surface area contributed by atoms with Crippen LogP contribution in [0.5, 0.6) is 0 Å². The van der Waals surface area contributed by atoms with Crippen LogP contribution in [-0.2, 0) is 33.9 Å². The summed E-state index contributed by atoms with van der Waals surface area (Å²) in [6.45, 7) is 0.756. The molecule has 0 aromatic carbocycles. The molecule has 0 spiro atoms. The van der Waals surface area contributed by atoms with Crippen LogP contribution in [0, 0.1) is 0 Å². The van der Waals surface area contributed by atoms with Crippen LogP contribution in [0.3, 0.4) is 0 Å². The minimum atomic E-state index is -6.44. The van der Waals surface area contributed by atoms with Crippen LogP contribution in [0.1, 0.15) is 13.3 Å². The van der Waals surface area contributed by atoms with E-state index in [1.807, 2.05) is 0 Å². The van der Waals surface area contributed by atoms with Crippen LogP contribution in [0.15, 0.2) is 12.7 Å². The minimum Gasteiger partial charge on any atom is -0.743 e. The molecule has 0 N–H and O–H groups in total. The van der Waals surface area contributed by atoms with E-state index in [-0.39, 0.29) is 12.5 Å². The normalized spacial score (nSPS) is 15.2. The van der Waals surface area contributed by atoms with Gasteiger partial charge in [-0.2, -0.15) is 22.0 Å². The Morgan fingerprint density at radius 1 is 1.20 bits per heavy atom. The first-order valence-electron chi connectivity index (χ1n) is 6.21. The van der Waals surface area contributed by atoms with Crippen molar-refractivity contribution in [2.75, 3.05) is 13.2 Å². The molecule has 146 valence electrons. The zero-order valence-corrected chi connectivity index (χ0v) is 13.3. The molecule has 0 saturated carbocycles. The van der Waals surface area contributed by atoms with Crippen LogP contribution in [0.4, 0.5) is 22.0 Å². The number of carbonyl (C=O) groups is 2. The smallest absolute Gasteiger partial charge is 0.468 e. The quantitative estimate of drug-likeness (QED) is 0.186. The van der Waals surface area contributed by atoms with Gasteiger partial charge in [0.2, 0.25) is 0 Å². The highest BCUT2D eigenvalue weighted by atomic mass is 32.2. The predicted octanol–water partition coefficient (Wildman–Crippen LogP) is 1.08. The molecule has 0 rings (SSSR count). The fourth-order valence-electron chi connectivity index (χ4n) is 1.12. The summed E-state index contributed by atoms with van der Waals surface area (Å²) in [4.78, 5) is 22.7. The number of halogens is 5. The first kappa shape index (κ1) is 23.2. The van der Waals surface area contributed by atoms with E-state index in [1.165, 1.54) is 6.92 Å². The highest BCUT2D eigenvalue weighted by Crippen LogP contribution is 2.38. The first-order valence-corrected chi connectivity index (χ1v) is 7.62. The van der Waals surface area contributed by atoms with Crippen molar-refractivity contribution >= 4 is 22.1 Å². The molecule has 0 radical (unpaired) electrons. The van der Waals surface area contributed by atoms with Gasteiger partial charge in [-0.1, -0.05) is 13.5 Å². The van der Waals surface area contributed by atoms with Crippen molar-refractivity contribution < 1.29 is 58.7 Å². The van der Waals surface area contributed by atoms with E-state index in [4.69, 9.17) is 0 Å². The van der Waals surface area contributed by atoms with Crippen LogP contribution in [0.25, 0.3) is 0 Å². The Hall–Kier alpha value is -1.80. The number of carbonyl (C=O) groups excluding carboxylic acids is 2. The second-order valence-electron chi connectivity index (χ2n) is 4.26. The molecule has 0 aliphatic carbocycles. The van der Waals surface area contributed by atoms with Gasteiger partial charge < -0.3 is 18.8 Å². The molecule has 0 bridgehead atoms. The van der Waals surface area contributed by atoms with Crippen LogP contribution >= 0.6 is 0 Å². The second kappa shape index (κ2) is 8.05. The minimum absolute atomic E-state index is 0.000179. The molecule has 1 atom stereocenters. The summed E-state index contributed by atoms with van der Waals surface area (Å²) in [6, 6.07) is 0. The van der Waals surface area contributed by atoms with Gasteiger partial charge in [0.1, 0.15) is 6.61 Å². The number of ether oxygens (including phenoxy) is 3. The fraction of sp³-hybridized carbons (Fsp3) is 0.636. The zero-order chi connectivity index (χ0) is 20.1. The highest BCUT2D eigenvalue weighted by Gasteiger charge is 2.68. The maximum Gasteiger partial charge on any atom is 0.468 e. The maximum atomic E-state index is 13.2. The van der Waals surface area contributed by atoms with Crippen molar-refractivity contribution in [1.29, 1.82) is 0 Å². The van der Waals surface area contributed by atoms with Gasteiger partial charge in [-0.3, -0.25) is 0 Å². The van der Waals surface area contributed by atoms with Gasteiger partial charge in [-0.05, 0) is 6.42 Å². The summed E-state index contributed by atoms with van der Waals surface area (Å²) in [7, 11) is -6.44. The summed E-state index contributed by atoms with van der Waals surface area (Å²) in [5, 5.41) is -5.35. The van der Waals surface area contributed by atoms with Crippen molar-refractivity contribution in [2.24, 2.45) is 0 Å². The Morgan fingerprint density at radius 2 is 1.72 bits per heavy atom. The third kappa shape index (κ3) is 5.61. The Balaban J connectivity index is 5.96. The van der Waals surface area contributed by atoms with Gasteiger partial charge in [0.25, 0.3) is 0 Å². The van der Waals surface area contributed by atoms with Gasteiger partial charge in [-0.25, -0.2) is 18.0 Å². The van der Waals surface area contributed by atoms with E-state index in [1.54, 1.807) is 0 Å². The third-order valence-corrected chi connectivity index (χ3v) is 3.15. The Labute approximate surface area is 138 Å². The summed E-state index contributed by atoms with van der Waals surface area (Å²) in [5.74, 6) is -9.09. The molecule has 8 nitrogen and oxygen atoms in total. The van der Waals surface area contributed by atoms with Crippen LogP contribution in [0.2, 0.25) is 0 Å². The Kier molecular flexibility index (Phi) is 7.47. The van der Waals surface area contributed by atoms with Gasteiger partial charge in [0.15, 0.2) is 10.1 Å². The van der Waals surface area contributed by atoms with Gasteiger partial charge in [0, 0.05) is 6.08 Å². The molecule has 1 unspecified atom stereocenters. The summed E-state index contributed by atoms with van der Waals surface area (Å²) < 4.78 is 108. The standard InChI is InChI=1S/C11H13F5O8S/c1-3-5-22-8(18)10(11(14,15)16,24-7(17)4-2)23-6-9(12,13)25(19,20)21/h4H,2-3,5-6H2,1H3,(H,19,20,21)/p-1. The van der Waals surface area contributed by atoms with Crippen molar-refractivity contribution in [2.45, 2.75) is 30.6 Å². The lowest BCUT2D eigenvalue weighted by atomic mass is 10.2. The average Bonchev–Trinajstić information content (AvgIpc) is 2.46. The Bertz CT molecular complexity index is 614. The number of hydrogen-bond acceptors (Lipinski definition) is 8. The van der Waals surface area contributed by atoms with Gasteiger partial charge in [0.05, 0.1) is 6.61 Å². The molecular weight excluding hydrogens is 387 g/mol. The number of alkyl halides is 5. The SMILES string of the molecule is C=CC(=O)OC(OCC(F)(F)S(=O)(=O)[O-])(C(=O)OCCC)C(F)(F)F. The largest absolute Gasteiger partial charge is 0.743 e. The van der Waals surface area contributed by atoms with Crippen molar-refractivity contribution in [3.05, 3.63) is 12.7 Å². The fourth-order valence-corrected chi connectivity index (χ4v) is 1.32. The lowest BCUT2D eigenvalue weighted by Crippen LogP contribution is -2.59. The van der Waals surface area contributed by atoms with E-state index >= 15 is 0 Å². The Morgan fingerprint density at radius 3 is 2.08 bits per heavy atom. The molecule has 0 aromatic heterocycles. The molecule has 0 aliphatic rings. The summed E-state index contributed by atoms with van der Waals surface area (Å²) >= 11 is 0. The highest BCUT2D eigenvalue weighted by molar-refractivity contribution is 7.86. The number of rotatable bonds is 9. The molecular formula is C11H12F5O8S-. The molecule has 0 saturated heterocycles. The predicted molar refractivity (Wildman–Crippen MR) is 66.9 cm³/mol. The van der Waals surface area contributed by atoms with Crippen molar-refractivity contribution in [3.8, 4) is 0 Å². The lowest BCUT2D eigenvalue weighted by Gasteiger charge is -2.33. The topological polar surface area (TPSA) is 119 Å². The molecule has 0 aromatic rings. The molecule has 0 aliphatic heterocycles. The maximum absolute atomic E-state index is 13.2. The van der Waals surface area contributed by atoms with E-state index in [0.717, 1.165) is 0 Å². The first-order chi connectivity index (χ1) is 11.1. The molecule has 0 amide bonds. The monoisotopic (exact) mass is 399 g/mol. The van der Waals surface area contributed by atoms with Crippen LogP contribution < -0.4 is 0 Å². The molecule has 0 fully saturated rings. The summed E-state index contributed by atoms with van der Waals surface area (Å²) in [6.07, 6.45) is -5.81. The average molecular weight is 399 g/mol. The van der Waals surface area contributed by atoms with E-state index in [2.05, 4.69) is 20.8 Å². The lowest BCUT2D eigenvalue weighted by molar-refractivity contribution is -0.359. The van der Waals surface area contributed by atoms with E-state index < -0.39 is 52.5 Å². The third-order valence-electron chi connectivity index (χ3n) is 2.30. The number of hydrogen-bond donors (Lipinski definition) is 0. The van der Waals surface area contributed by atoms with Gasteiger partial charge >= 0.3 is 29.2 Å². The van der Waals surface area contributed by atoms with Crippen molar-refractivity contribution in [3.63, 3.8) is 0 Å². The second-order valence-corrected chi connectivity index (χ2v) is 5.76. The summed E-state index contributed by atoms with van der Waals surface area (Å²) in [5.41, 5.74) is 0. The molecule has 25 heavy (non-hydrogen) atoms. The number of esters is 2. The van der Waals surface area contributed by atoms with Crippen molar-refractivity contribution in [1.82, 2.24) is 0 Å². The van der Waals surface area contributed by atoms with E-state index in [9.17, 15) is 44.5 Å². The van der Waals surface area contributed by atoms with Gasteiger partial charge in [-0.15, -0.1) is 0 Å². The zero-order valence-electron chi connectivity index (χ0n) is 12.5. The molecule has 14 heteroatoms. The molecule has 0 heterocycles. The van der Waals surface area contributed by atoms with Crippen LogP contribution in [-0.4, -0.2) is 55.3 Å². The van der Waals surface area contributed by atoms with E-state index in [0.29, 0.717) is 0 Å².